The van der Waals surface area contributed by atoms with Crippen LogP contribution in [0.15, 0.2) is 47.1 Å². The number of carboxylic acid groups (broad SMARTS) is 1. The van der Waals surface area contributed by atoms with Crippen LogP contribution < -0.4 is 0 Å². The second-order valence-electron chi connectivity index (χ2n) is 6.96. The molecule has 0 heterocycles. The summed E-state index contributed by atoms with van der Waals surface area (Å²) >= 11 is 0. The second-order valence-corrected chi connectivity index (χ2v) is 6.96. The number of fused-ring (bicyclic) bond motifs is 5. The Hall–Kier alpha value is -1.57. The van der Waals surface area contributed by atoms with Crippen molar-refractivity contribution >= 4 is 5.97 Å². The van der Waals surface area contributed by atoms with Crippen molar-refractivity contribution in [2.24, 2.45) is 23.7 Å². The summed E-state index contributed by atoms with van der Waals surface area (Å²) in [5.41, 5.74) is 4.06. The van der Waals surface area contributed by atoms with E-state index in [1.807, 2.05) is 0 Å². The Kier molecular flexibility index (Phi) is 3.13. The van der Waals surface area contributed by atoms with Crippen molar-refractivity contribution < 1.29 is 9.90 Å². The van der Waals surface area contributed by atoms with Crippen molar-refractivity contribution in [1.29, 1.82) is 0 Å². The first-order valence-electron chi connectivity index (χ1n) is 8.26. The van der Waals surface area contributed by atoms with Gasteiger partial charge >= 0.3 is 5.97 Å². The van der Waals surface area contributed by atoms with Gasteiger partial charge in [0.25, 0.3) is 0 Å². The molecule has 0 aromatic carbocycles. The number of carbonyl (C=O) groups is 1. The van der Waals surface area contributed by atoms with Crippen LogP contribution in [0.5, 0.6) is 0 Å². The zero-order chi connectivity index (χ0) is 14.4. The number of aliphatic carboxylic acids is 1. The highest BCUT2D eigenvalue weighted by Crippen LogP contribution is 2.55. The van der Waals surface area contributed by atoms with Crippen molar-refractivity contribution in [3.8, 4) is 0 Å². The van der Waals surface area contributed by atoms with E-state index in [1.54, 1.807) is 0 Å². The van der Waals surface area contributed by atoms with E-state index in [4.69, 9.17) is 0 Å². The van der Waals surface area contributed by atoms with Crippen LogP contribution in [0, 0.1) is 23.7 Å². The highest BCUT2D eigenvalue weighted by Gasteiger charge is 2.45. The summed E-state index contributed by atoms with van der Waals surface area (Å²) in [5.74, 6) is 1.74. The van der Waals surface area contributed by atoms with E-state index in [0.29, 0.717) is 17.8 Å². The Morgan fingerprint density at radius 1 is 1.19 bits per heavy atom. The maximum atomic E-state index is 11.2. The minimum absolute atomic E-state index is 0.529. The summed E-state index contributed by atoms with van der Waals surface area (Å²) < 4.78 is 0. The van der Waals surface area contributed by atoms with Gasteiger partial charge in [0, 0.05) is 6.08 Å². The lowest BCUT2D eigenvalue weighted by Crippen LogP contribution is -2.40. The van der Waals surface area contributed by atoms with Crippen LogP contribution in [0.25, 0.3) is 0 Å². The average Bonchev–Trinajstić information content (AvgIpc) is 2.95. The molecule has 1 N–H and O–H groups in total. The first-order chi connectivity index (χ1) is 10.2. The Balaban J connectivity index is 1.72. The summed E-state index contributed by atoms with van der Waals surface area (Å²) in [4.78, 5) is 11.2. The average molecular weight is 282 g/mol. The lowest BCUT2D eigenvalue weighted by atomic mass is 9.55. The molecule has 0 radical (unpaired) electrons. The van der Waals surface area contributed by atoms with Gasteiger partial charge in [-0.1, -0.05) is 42.7 Å². The minimum atomic E-state index is -0.766. The molecule has 4 unspecified atom stereocenters. The summed E-state index contributed by atoms with van der Waals surface area (Å²) in [5, 5.41) is 9.22. The predicted molar refractivity (Wildman–Crippen MR) is 82.7 cm³/mol. The smallest absolute Gasteiger partial charge is 0.328 e. The van der Waals surface area contributed by atoms with Crippen LogP contribution in [0.1, 0.15) is 38.5 Å². The highest BCUT2D eigenvalue weighted by molar-refractivity contribution is 5.81. The lowest BCUT2D eigenvalue weighted by Gasteiger charge is -2.49. The standard InChI is InChI=1S/C19H22O2/c20-19(21)11-13-10-18-14-7-3-4-12(14)8-9-17(18)16-6-2-1-5-15(13)16/h3-4,7-8,11,15-18H,1-2,5-6,9-10H2,(H,20,21). The minimum Gasteiger partial charge on any atom is -0.478 e. The van der Waals surface area contributed by atoms with Gasteiger partial charge in [0.05, 0.1) is 0 Å². The monoisotopic (exact) mass is 282 g/mol. The molecule has 4 aliphatic carbocycles. The maximum absolute atomic E-state index is 11.2. The zero-order valence-electron chi connectivity index (χ0n) is 12.3. The maximum Gasteiger partial charge on any atom is 0.328 e. The third kappa shape index (κ3) is 2.12. The first-order valence-corrected chi connectivity index (χ1v) is 8.26. The van der Waals surface area contributed by atoms with E-state index in [9.17, 15) is 9.90 Å². The topological polar surface area (TPSA) is 37.3 Å². The van der Waals surface area contributed by atoms with Gasteiger partial charge < -0.3 is 5.11 Å². The van der Waals surface area contributed by atoms with Gasteiger partial charge in [-0.15, -0.1) is 0 Å². The molecule has 4 aliphatic rings. The van der Waals surface area contributed by atoms with Gasteiger partial charge in [0.2, 0.25) is 0 Å². The van der Waals surface area contributed by atoms with Crippen molar-refractivity contribution in [2.75, 3.05) is 0 Å². The van der Waals surface area contributed by atoms with Gasteiger partial charge in [-0.25, -0.2) is 4.79 Å². The molecule has 2 saturated carbocycles. The molecule has 0 aromatic heterocycles. The normalized spacial score (nSPS) is 39.1. The fraction of sp³-hybridized carbons (Fsp3) is 0.526. The molecule has 0 bridgehead atoms. The fourth-order valence-corrected chi connectivity index (χ4v) is 5.23. The Morgan fingerprint density at radius 3 is 2.90 bits per heavy atom. The molecule has 0 aromatic rings. The molecule has 2 heteroatoms. The molecule has 21 heavy (non-hydrogen) atoms. The molecule has 4 atom stereocenters. The number of hydrogen-bond acceptors (Lipinski definition) is 1. The first kappa shape index (κ1) is 13.1. The zero-order valence-corrected chi connectivity index (χ0v) is 12.3. The number of allylic oxidation sites excluding steroid dienone is 7. The Bertz CT molecular complexity index is 591. The van der Waals surface area contributed by atoms with Crippen LogP contribution in [0.3, 0.4) is 0 Å². The van der Waals surface area contributed by atoms with Crippen molar-refractivity contribution in [3.63, 3.8) is 0 Å². The largest absolute Gasteiger partial charge is 0.478 e. The van der Waals surface area contributed by atoms with Crippen LogP contribution in [-0.4, -0.2) is 11.1 Å². The van der Waals surface area contributed by atoms with Crippen molar-refractivity contribution in [2.45, 2.75) is 38.5 Å². The van der Waals surface area contributed by atoms with Crippen LogP contribution in [0.2, 0.25) is 0 Å². The third-order valence-electron chi connectivity index (χ3n) is 6.02. The second kappa shape index (κ2) is 5.01. The van der Waals surface area contributed by atoms with Crippen LogP contribution in [-0.2, 0) is 4.79 Å². The van der Waals surface area contributed by atoms with E-state index in [2.05, 4.69) is 24.3 Å². The van der Waals surface area contributed by atoms with E-state index in [1.165, 1.54) is 54.9 Å². The lowest BCUT2D eigenvalue weighted by molar-refractivity contribution is -0.131. The molecule has 0 saturated heterocycles. The molecule has 0 amide bonds. The Labute approximate surface area is 125 Å². The molecule has 4 rings (SSSR count). The number of rotatable bonds is 1. The van der Waals surface area contributed by atoms with Crippen molar-refractivity contribution in [3.05, 3.63) is 47.1 Å². The van der Waals surface area contributed by atoms with E-state index < -0.39 is 5.97 Å². The van der Waals surface area contributed by atoms with Crippen LogP contribution in [0.4, 0.5) is 0 Å². The summed E-state index contributed by atoms with van der Waals surface area (Å²) in [6.45, 7) is 0. The van der Waals surface area contributed by atoms with Gasteiger partial charge in [-0.2, -0.15) is 0 Å². The molecular weight excluding hydrogens is 260 g/mol. The molecule has 0 spiro atoms. The Morgan fingerprint density at radius 2 is 2.05 bits per heavy atom. The molecule has 0 aliphatic heterocycles. The van der Waals surface area contributed by atoms with Crippen molar-refractivity contribution in [1.82, 2.24) is 0 Å². The summed E-state index contributed by atoms with van der Waals surface area (Å²) in [6, 6.07) is 0. The predicted octanol–water partition coefficient (Wildman–Crippen LogP) is 4.27. The van der Waals surface area contributed by atoms with Gasteiger partial charge in [0.1, 0.15) is 0 Å². The van der Waals surface area contributed by atoms with Gasteiger partial charge in [-0.05, 0) is 60.5 Å². The molecule has 2 fully saturated rings. The molecule has 2 nitrogen and oxygen atoms in total. The molecule has 110 valence electrons. The third-order valence-corrected chi connectivity index (χ3v) is 6.02. The number of carboxylic acids is 1. The van der Waals surface area contributed by atoms with E-state index in [-0.39, 0.29) is 0 Å². The number of hydrogen-bond donors (Lipinski definition) is 1. The molecular formula is C19H22O2. The van der Waals surface area contributed by atoms with E-state index >= 15 is 0 Å². The summed E-state index contributed by atoms with van der Waals surface area (Å²) in [7, 11) is 0. The fourth-order valence-electron chi connectivity index (χ4n) is 5.23. The van der Waals surface area contributed by atoms with Gasteiger partial charge in [-0.3, -0.25) is 0 Å². The van der Waals surface area contributed by atoms with Gasteiger partial charge in [0.15, 0.2) is 0 Å². The van der Waals surface area contributed by atoms with E-state index in [0.717, 1.165) is 12.3 Å². The SMILES string of the molecule is O=C(O)C=C1CC2C3=CC=CC3=CCC2C2CCCCC12. The highest BCUT2D eigenvalue weighted by atomic mass is 16.4. The van der Waals surface area contributed by atoms with Crippen LogP contribution >= 0.6 is 0 Å². The quantitative estimate of drug-likeness (QED) is 0.729. The summed E-state index contributed by atoms with van der Waals surface area (Å²) in [6.07, 6.45) is 17.8.